The van der Waals surface area contributed by atoms with Gasteiger partial charge in [-0.3, -0.25) is 0 Å². The molecule has 1 rings (SSSR count). The van der Waals surface area contributed by atoms with E-state index in [0.717, 1.165) is 31.5 Å². The van der Waals surface area contributed by atoms with Crippen molar-refractivity contribution in [2.24, 2.45) is 0 Å². The van der Waals surface area contributed by atoms with E-state index in [2.05, 4.69) is 36.1 Å². The van der Waals surface area contributed by atoms with E-state index in [4.69, 9.17) is 4.74 Å². The van der Waals surface area contributed by atoms with E-state index in [1.165, 1.54) is 0 Å². The van der Waals surface area contributed by atoms with Crippen LogP contribution in [0, 0.1) is 0 Å². The smallest absolute Gasteiger partial charge is 0.115 e. The van der Waals surface area contributed by atoms with E-state index in [0.29, 0.717) is 0 Å². The summed E-state index contributed by atoms with van der Waals surface area (Å²) in [5, 5.41) is 3.54. The molecule has 0 aromatic carbocycles. The summed E-state index contributed by atoms with van der Waals surface area (Å²) in [4.78, 5) is 8.31. The number of nitrogens with one attached hydrogen (secondary N) is 1. The molecule has 0 fully saturated rings. The Balaban J connectivity index is 2.62. The number of rotatable bonds is 8. The van der Waals surface area contributed by atoms with Gasteiger partial charge in [-0.1, -0.05) is 6.92 Å². The molecule has 18 heavy (non-hydrogen) atoms. The van der Waals surface area contributed by atoms with Gasteiger partial charge in [0.25, 0.3) is 0 Å². The molecule has 4 heteroatoms. The monoisotopic (exact) mass is 251 g/mol. The SMILES string of the molecule is CCCNC(CCC(C)(C)OC)c1ccncn1. The molecule has 1 atom stereocenters. The average Bonchev–Trinajstić information content (AvgIpc) is 2.40. The van der Waals surface area contributed by atoms with Crippen molar-refractivity contribution >= 4 is 0 Å². The lowest BCUT2D eigenvalue weighted by molar-refractivity contribution is 0.0116. The Bertz CT molecular complexity index is 327. The van der Waals surface area contributed by atoms with Crippen LogP contribution in [0.3, 0.4) is 0 Å². The molecule has 0 aliphatic carbocycles. The normalized spacial score (nSPS) is 13.6. The fourth-order valence-electron chi connectivity index (χ4n) is 1.77. The predicted octanol–water partition coefficient (Wildman–Crippen LogP) is 2.72. The molecule has 0 saturated carbocycles. The van der Waals surface area contributed by atoms with E-state index < -0.39 is 0 Å². The molecule has 1 aromatic heterocycles. The molecular weight excluding hydrogens is 226 g/mol. The summed E-state index contributed by atoms with van der Waals surface area (Å²) >= 11 is 0. The highest BCUT2D eigenvalue weighted by Crippen LogP contribution is 2.23. The maximum Gasteiger partial charge on any atom is 0.115 e. The Labute approximate surface area is 110 Å². The lowest BCUT2D eigenvalue weighted by Crippen LogP contribution is -2.28. The minimum absolute atomic E-state index is 0.0842. The molecule has 0 aliphatic heterocycles. The Hall–Kier alpha value is -1.00. The van der Waals surface area contributed by atoms with Crippen LogP contribution in [0.25, 0.3) is 0 Å². The van der Waals surface area contributed by atoms with Gasteiger partial charge in [0.2, 0.25) is 0 Å². The van der Waals surface area contributed by atoms with E-state index in [-0.39, 0.29) is 11.6 Å². The molecule has 1 aromatic rings. The highest BCUT2D eigenvalue weighted by atomic mass is 16.5. The summed E-state index contributed by atoms with van der Waals surface area (Å²) in [6, 6.07) is 2.26. The Morgan fingerprint density at radius 1 is 1.44 bits per heavy atom. The van der Waals surface area contributed by atoms with Crippen molar-refractivity contribution < 1.29 is 4.74 Å². The number of nitrogens with zero attached hydrogens (tertiary/aromatic N) is 2. The maximum absolute atomic E-state index is 5.47. The fourth-order valence-corrected chi connectivity index (χ4v) is 1.77. The van der Waals surface area contributed by atoms with Gasteiger partial charge in [-0.25, -0.2) is 9.97 Å². The summed E-state index contributed by atoms with van der Waals surface area (Å²) in [7, 11) is 1.76. The van der Waals surface area contributed by atoms with Crippen molar-refractivity contribution in [2.45, 2.75) is 51.7 Å². The van der Waals surface area contributed by atoms with Crippen LogP contribution < -0.4 is 5.32 Å². The summed E-state index contributed by atoms with van der Waals surface area (Å²) in [6.45, 7) is 7.40. The molecular formula is C14H25N3O. The zero-order valence-electron chi connectivity index (χ0n) is 11.9. The average molecular weight is 251 g/mol. The zero-order chi connectivity index (χ0) is 13.4. The van der Waals surface area contributed by atoms with Crippen LogP contribution >= 0.6 is 0 Å². The first-order valence-corrected chi connectivity index (χ1v) is 6.63. The van der Waals surface area contributed by atoms with Crippen LogP contribution in [-0.4, -0.2) is 29.2 Å². The standard InChI is InChI=1S/C14H25N3O/c1-5-9-16-12(6-8-14(2,3)18-4)13-7-10-15-11-17-13/h7,10-12,16H,5-6,8-9H2,1-4H3. The third-order valence-electron chi connectivity index (χ3n) is 3.19. The van der Waals surface area contributed by atoms with Gasteiger partial charge in [-0.15, -0.1) is 0 Å². The largest absolute Gasteiger partial charge is 0.379 e. The Kier molecular flexibility index (Phi) is 6.22. The lowest BCUT2D eigenvalue weighted by atomic mass is 9.97. The summed E-state index contributed by atoms with van der Waals surface area (Å²) in [5.74, 6) is 0. The van der Waals surface area contributed by atoms with Crippen LogP contribution in [0.5, 0.6) is 0 Å². The number of ether oxygens (including phenoxy) is 1. The molecule has 0 bridgehead atoms. The summed E-state index contributed by atoms with van der Waals surface area (Å²) in [5.41, 5.74) is 0.976. The molecule has 0 saturated heterocycles. The van der Waals surface area contributed by atoms with Crippen LogP contribution in [-0.2, 0) is 4.74 Å². The van der Waals surface area contributed by atoms with Gasteiger partial charge in [0.15, 0.2) is 0 Å². The second kappa shape index (κ2) is 7.44. The Morgan fingerprint density at radius 3 is 2.78 bits per heavy atom. The van der Waals surface area contributed by atoms with E-state index in [1.54, 1.807) is 19.6 Å². The topological polar surface area (TPSA) is 47.0 Å². The van der Waals surface area contributed by atoms with Crippen molar-refractivity contribution in [1.82, 2.24) is 15.3 Å². The molecule has 102 valence electrons. The molecule has 0 radical (unpaired) electrons. The third-order valence-corrected chi connectivity index (χ3v) is 3.19. The van der Waals surface area contributed by atoms with Crippen LogP contribution in [0.15, 0.2) is 18.6 Å². The number of methoxy groups -OCH3 is 1. The van der Waals surface area contributed by atoms with Crippen LogP contribution in [0.1, 0.15) is 51.8 Å². The van der Waals surface area contributed by atoms with Crippen molar-refractivity contribution in [2.75, 3.05) is 13.7 Å². The third kappa shape index (κ3) is 5.10. The fraction of sp³-hybridized carbons (Fsp3) is 0.714. The molecule has 1 unspecified atom stereocenters. The van der Waals surface area contributed by atoms with Gasteiger partial charge in [-0.05, 0) is 45.7 Å². The van der Waals surface area contributed by atoms with Gasteiger partial charge in [0.05, 0.1) is 11.3 Å². The van der Waals surface area contributed by atoms with E-state index in [9.17, 15) is 0 Å². The first-order chi connectivity index (χ1) is 8.59. The van der Waals surface area contributed by atoms with Crippen molar-refractivity contribution in [3.8, 4) is 0 Å². The molecule has 0 spiro atoms. The van der Waals surface area contributed by atoms with Crippen molar-refractivity contribution in [3.63, 3.8) is 0 Å². The summed E-state index contributed by atoms with van der Waals surface area (Å²) < 4.78 is 5.47. The first kappa shape index (κ1) is 15.1. The van der Waals surface area contributed by atoms with E-state index in [1.807, 2.05) is 6.07 Å². The molecule has 1 N–H and O–H groups in total. The minimum atomic E-state index is -0.0842. The lowest BCUT2D eigenvalue weighted by Gasteiger charge is -2.26. The highest BCUT2D eigenvalue weighted by molar-refractivity contribution is 5.04. The second-order valence-electron chi connectivity index (χ2n) is 5.14. The second-order valence-corrected chi connectivity index (χ2v) is 5.14. The number of hydrogen-bond donors (Lipinski definition) is 1. The van der Waals surface area contributed by atoms with Gasteiger partial charge in [0, 0.05) is 19.3 Å². The molecule has 0 amide bonds. The minimum Gasteiger partial charge on any atom is -0.379 e. The van der Waals surface area contributed by atoms with Gasteiger partial charge < -0.3 is 10.1 Å². The number of aromatic nitrogens is 2. The van der Waals surface area contributed by atoms with Crippen LogP contribution in [0.4, 0.5) is 0 Å². The first-order valence-electron chi connectivity index (χ1n) is 6.63. The van der Waals surface area contributed by atoms with Gasteiger partial charge >= 0.3 is 0 Å². The zero-order valence-corrected chi connectivity index (χ0v) is 11.9. The maximum atomic E-state index is 5.47. The summed E-state index contributed by atoms with van der Waals surface area (Å²) in [6.07, 6.45) is 6.53. The molecule has 0 aliphatic rings. The highest BCUT2D eigenvalue weighted by Gasteiger charge is 2.20. The van der Waals surface area contributed by atoms with Gasteiger partial charge in [-0.2, -0.15) is 0 Å². The van der Waals surface area contributed by atoms with Gasteiger partial charge in [0.1, 0.15) is 6.33 Å². The quantitative estimate of drug-likeness (QED) is 0.771. The predicted molar refractivity (Wildman–Crippen MR) is 73.4 cm³/mol. The molecule has 1 heterocycles. The van der Waals surface area contributed by atoms with Crippen LogP contribution in [0.2, 0.25) is 0 Å². The molecule has 4 nitrogen and oxygen atoms in total. The Morgan fingerprint density at radius 2 is 2.22 bits per heavy atom. The van der Waals surface area contributed by atoms with E-state index >= 15 is 0 Å². The number of hydrogen-bond acceptors (Lipinski definition) is 4. The van der Waals surface area contributed by atoms with Crippen molar-refractivity contribution in [1.29, 1.82) is 0 Å². The van der Waals surface area contributed by atoms with Crippen molar-refractivity contribution in [3.05, 3.63) is 24.3 Å².